The Morgan fingerprint density at radius 3 is 2.34 bits per heavy atom. The zero-order valence-electron chi connectivity index (χ0n) is 16.9. The first-order valence-electron chi connectivity index (χ1n) is 9.40. The van der Waals surface area contributed by atoms with Crippen LogP contribution < -0.4 is 19.7 Å². The van der Waals surface area contributed by atoms with Crippen LogP contribution in [0.5, 0.6) is 11.5 Å². The Morgan fingerprint density at radius 2 is 1.76 bits per heavy atom. The van der Waals surface area contributed by atoms with E-state index in [4.69, 9.17) is 9.47 Å². The van der Waals surface area contributed by atoms with Gasteiger partial charge in [0.25, 0.3) is 0 Å². The minimum Gasteiger partial charge on any atom is -0.497 e. The van der Waals surface area contributed by atoms with E-state index in [-0.39, 0.29) is 11.5 Å². The Morgan fingerprint density at radius 1 is 1.10 bits per heavy atom. The Hall–Kier alpha value is -3.14. The van der Waals surface area contributed by atoms with Gasteiger partial charge in [-0.25, -0.2) is 9.97 Å². The summed E-state index contributed by atoms with van der Waals surface area (Å²) in [4.78, 5) is 23.8. The van der Waals surface area contributed by atoms with Gasteiger partial charge in [-0.15, -0.1) is 0 Å². The van der Waals surface area contributed by atoms with Gasteiger partial charge in [-0.2, -0.15) is 0 Å². The second kappa shape index (κ2) is 9.37. The zero-order chi connectivity index (χ0) is 20.8. The summed E-state index contributed by atoms with van der Waals surface area (Å²) >= 11 is 0. The van der Waals surface area contributed by atoms with Crippen LogP contribution in [0.15, 0.2) is 24.5 Å². The lowest BCUT2D eigenvalue weighted by atomic mass is 10.1. The maximum Gasteiger partial charge on any atom is 0.353 e. The van der Waals surface area contributed by atoms with Crippen LogP contribution in [-0.2, 0) is 6.42 Å². The Balaban J connectivity index is 1.74. The average Bonchev–Trinajstić information content (AvgIpc) is 2.73. The number of benzene rings is 1. The molecule has 1 N–H and O–H groups in total. The van der Waals surface area contributed by atoms with Gasteiger partial charge in [0.05, 0.1) is 19.1 Å². The Bertz CT molecular complexity index is 832. The highest BCUT2D eigenvalue weighted by molar-refractivity contribution is 5.70. The van der Waals surface area contributed by atoms with Crippen LogP contribution >= 0.6 is 0 Å². The van der Waals surface area contributed by atoms with Gasteiger partial charge in [-0.05, 0) is 31.2 Å². The van der Waals surface area contributed by atoms with Gasteiger partial charge in [-0.3, -0.25) is 10.1 Å². The fourth-order valence-corrected chi connectivity index (χ4v) is 3.25. The molecule has 1 aromatic carbocycles. The van der Waals surface area contributed by atoms with E-state index >= 15 is 0 Å². The fraction of sp³-hybridized carbons (Fsp3) is 0.474. The molecule has 0 unspecified atom stereocenters. The van der Waals surface area contributed by atoms with Crippen LogP contribution in [0.3, 0.4) is 0 Å². The molecule has 1 aliphatic rings. The van der Waals surface area contributed by atoms with Crippen molar-refractivity contribution in [3.63, 3.8) is 0 Å². The van der Waals surface area contributed by atoms with Crippen molar-refractivity contribution in [2.24, 2.45) is 0 Å². The number of anilines is 2. The highest BCUT2D eigenvalue weighted by Gasteiger charge is 2.28. The minimum atomic E-state index is -0.412. The van der Waals surface area contributed by atoms with E-state index in [9.17, 15) is 10.1 Å². The maximum absolute atomic E-state index is 11.8. The number of nitrogens with zero attached hydrogens (tertiary/aromatic N) is 5. The van der Waals surface area contributed by atoms with Gasteiger partial charge in [0.2, 0.25) is 11.6 Å². The van der Waals surface area contributed by atoms with Crippen LogP contribution in [0, 0.1) is 10.1 Å². The van der Waals surface area contributed by atoms with Crippen molar-refractivity contribution in [1.29, 1.82) is 0 Å². The van der Waals surface area contributed by atoms with Crippen molar-refractivity contribution >= 4 is 17.3 Å². The van der Waals surface area contributed by atoms with Gasteiger partial charge in [0.15, 0.2) is 0 Å². The molecule has 2 aromatic rings. The van der Waals surface area contributed by atoms with Crippen molar-refractivity contribution in [1.82, 2.24) is 14.9 Å². The first kappa shape index (κ1) is 20.6. The van der Waals surface area contributed by atoms with E-state index < -0.39 is 4.92 Å². The lowest BCUT2D eigenvalue weighted by molar-refractivity contribution is -0.383. The smallest absolute Gasteiger partial charge is 0.353 e. The first-order valence-corrected chi connectivity index (χ1v) is 9.40. The number of ether oxygens (including phenoxy) is 2. The molecule has 0 atom stereocenters. The molecule has 0 radical (unpaired) electrons. The molecular formula is C19H26N6O4. The third-order valence-corrected chi connectivity index (χ3v) is 4.91. The number of hydrogen-bond donors (Lipinski definition) is 1. The van der Waals surface area contributed by atoms with E-state index in [2.05, 4.69) is 20.2 Å². The standard InChI is InChI=1S/C19H26N6O4/c1-23-6-8-24(9-7-23)19-17(25(26)27)18(21-13-22-19)20-5-4-14-10-15(28-2)12-16(11-14)29-3/h10-13H,4-9H2,1-3H3,(H,20,21,22). The third kappa shape index (κ3) is 5.02. The second-order valence-corrected chi connectivity index (χ2v) is 6.84. The molecule has 156 valence electrons. The molecule has 1 aromatic heterocycles. The quantitative estimate of drug-likeness (QED) is 0.522. The predicted octanol–water partition coefficient (Wildman–Crippen LogP) is 1.81. The molecule has 0 amide bonds. The highest BCUT2D eigenvalue weighted by atomic mass is 16.6. The predicted molar refractivity (Wildman–Crippen MR) is 110 cm³/mol. The number of aromatic nitrogens is 2. The molecule has 2 heterocycles. The number of nitro groups is 1. The summed E-state index contributed by atoms with van der Waals surface area (Å²) in [6.45, 7) is 3.52. The maximum atomic E-state index is 11.8. The lowest BCUT2D eigenvalue weighted by Crippen LogP contribution is -2.45. The Kier molecular flexibility index (Phi) is 6.65. The monoisotopic (exact) mass is 402 g/mol. The van der Waals surface area contributed by atoms with Crippen molar-refractivity contribution in [2.45, 2.75) is 6.42 Å². The summed E-state index contributed by atoms with van der Waals surface area (Å²) < 4.78 is 10.6. The van der Waals surface area contributed by atoms with Gasteiger partial charge in [0.1, 0.15) is 17.8 Å². The van der Waals surface area contributed by atoms with Gasteiger partial charge in [-0.1, -0.05) is 0 Å². The number of nitrogens with one attached hydrogen (secondary N) is 1. The lowest BCUT2D eigenvalue weighted by Gasteiger charge is -2.32. The highest BCUT2D eigenvalue weighted by Crippen LogP contribution is 2.32. The summed E-state index contributed by atoms with van der Waals surface area (Å²) in [6, 6.07) is 5.62. The van der Waals surface area contributed by atoms with Crippen LogP contribution in [-0.4, -0.2) is 73.8 Å². The second-order valence-electron chi connectivity index (χ2n) is 6.84. The van der Waals surface area contributed by atoms with E-state index in [1.807, 2.05) is 24.1 Å². The fourth-order valence-electron chi connectivity index (χ4n) is 3.25. The van der Waals surface area contributed by atoms with Crippen molar-refractivity contribution in [3.8, 4) is 11.5 Å². The molecule has 10 heteroatoms. The van der Waals surface area contributed by atoms with Crippen molar-refractivity contribution in [2.75, 3.05) is 64.2 Å². The van der Waals surface area contributed by atoms with E-state index in [1.165, 1.54) is 6.33 Å². The van der Waals surface area contributed by atoms with Gasteiger partial charge >= 0.3 is 5.69 Å². The molecule has 3 rings (SSSR count). The van der Waals surface area contributed by atoms with Crippen LogP contribution in [0.2, 0.25) is 0 Å². The molecule has 0 spiro atoms. The summed E-state index contributed by atoms with van der Waals surface area (Å²) in [5.74, 6) is 1.99. The summed E-state index contributed by atoms with van der Waals surface area (Å²) in [7, 11) is 5.23. The molecule has 0 bridgehead atoms. The summed E-state index contributed by atoms with van der Waals surface area (Å²) in [6.07, 6.45) is 2.00. The number of rotatable bonds is 8. The van der Waals surface area contributed by atoms with E-state index in [1.54, 1.807) is 20.3 Å². The number of piperazine rings is 1. The SMILES string of the molecule is COc1cc(CCNc2ncnc(N3CCN(C)CC3)c2[N+](=O)[O-])cc(OC)c1. The van der Waals surface area contributed by atoms with Crippen LogP contribution in [0.1, 0.15) is 5.56 Å². The number of likely N-dealkylation sites (N-methyl/N-ethyl adjacent to an activating group) is 1. The summed E-state index contributed by atoms with van der Waals surface area (Å²) in [5, 5.41) is 14.9. The van der Waals surface area contributed by atoms with E-state index in [0.717, 1.165) is 18.7 Å². The summed E-state index contributed by atoms with van der Waals surface area (Å²) in [5.41, 5.74) is 0.907. The normalized spacial score (nSPS) is 14.5. The van der Waals surface area contributed by atoms with Crippen molar-refractivity contribution in [3.05, 3.63) is 40.2 Å². The topological polar surface area (TPSA) is 106 Å². The minimum absolute atomic E-state index is 0.0831. The third-order valence-electron chi connectivity index (χ3n) is 4.91. The molecule has 1 saturated heterocycles. The molecule has 0 aliphatic carbocycles. The van der Waals surface area contributed by atoms with Gasteiger partial charge < -0.3 is 24.6 Å². The van der Waals surface area contributed by atoms with Gasteiger partial charge in [0, 0.05) is 38.8 Å². The van der Waals surface area contributed by atoms with Crippen molar-refractivity contribution < 1.29 is 14.4 Å². The van der Waals surface area contributed by atoms with Crippen LogP contribution in [0.25, 0.3) is 0 Å². The average molecular weight is 402 g/mol. The van der Waals surface area contributed by atoms with Crippen LogP contribution in [0.4, 0.5) is 17.3 Å². The molecule has 1 fully saturated rings. The number of hydrogen-bond acceptors (Lipinski definition) is 9. The molecule has 10 nitrogen and oxygen atoms in total. The zero-order valence-corrected chi connectivity index (χ0v) is 16.9. The molecule has 0 saturated carbocycles. The largest absolute Gasteiger partial charge is 0.497 e. The van der Waals surface area contributed by atoms with E-state index in [0.29, 0.717) is 43.4 Å². The number of methoxy groups -OCH3 is 2. The molecule has 1 aliphatic heterocycles. The Labute approximate surface area is 169 Å². The first-order chi connectivity index (χ1) is 14.0. The molecule has 29 heavy (non-hydrogen) atoms. The molecular weight excluding hydrogens is 376 g/mol.